The van der Waals surface area contributed by atoms with Gasteiger partial charge >= 0.3 is 0 Å². The van der Waals surface area contributed by atoms with Gasteiger partial charge in [-0.05, 0) is 26.2 Å². The minimum absolute atomic E-state index is 0.279. The molecule has 0 spiro atoms. The second kappa shape index (κ2) is 4.91. The molecule has 82 valence electrons. The summed E-state index contributed by atoms with van der Waals surface area (Å²) in [5.74, 6) is 6.58. The van der Waals surface area contributed by atoms with Gasteiger partial charge in [0, 0.05) is 12.0 Å². The molecule has 3 nitrogen and oxygen atoms in total. The third-order valence-electron chi connectivity index (χ3n) is 3.42. The van der Waals surface area contributed by atoms with Crippen LogP contribution in [0.15, 0.2) is 12.7 Å². The zero-order chi connectivity index (χ0) is 10.7. The van der Waals surface area contributed by atoms with Crippen molar-refractivity contribution in [1.29, 1.82) is 0 Å². The molecule has 0 aromatic rings. The van der Waals surface area contributed by atoms with Crippen molar-refractivity contribution in [3.8, 4) is 0 Å². The predicted octanol–water partition coefficient (Wildman–Crippen LogP) is 1.45. The van der Waals surface area contributed by atoms with Gasteiger partial charge in [0.2, 0.25) is 0 Å². The third kappa shape index (κ3) is 2.16. The molecule has 1 aliphatic heterocycles. The van der Waals surface area contributed by atoms with E-state index >= 15 is 0 Å². The van der Waals surface area contributed by atoms with Gasteiger partial charge in [0.1, 0.15) is 0 Å². The Kier molecular flexibility index (Phi) is 4.11. The lowest BCUT2D eigenvalue weighted by Gasteiger charge is -2.27. The van der Waals surface area contributed by atoms with Crippen LogP contribution in [0.3, 0.4) is 0 Å². The topological polar surface area (TPSA) is 47.3 Å². The van der Waals surface area contributed by atoms with E-state index < -0.39 is 0 Å². The molecule has 0 radical (unpaired) electrons. The van der Waals surface area contributed by atoms with Crippen LogP contribution in [0.4, 0.5) is 0 Å². The van der Waals surface area contributed by atoms with Gasteiger partial charge in [-0.1, -0.05) is 13.0 Å². The molecule has 0 aromatic heterocycles. The Morgan fingerprint density at radius 2 is 2.07 bits per heavy atom. The second-order valence-electron chi connectivity index (χ2n) is 4.28. The van der Waals surface area contributed by atoms with Gasteiger partial charge in [0.05, 0.1) is 12.2 Å². The number of hydrogen-bond acceptors (Lipinski definition) is 3. The highest BCUT2D eigenvalue weighted by Gasteiger charge is 2.40. The molecule has 1 fully saturated rings. The van der Waals surface area contributed by atoms with Gasteiger partial charge in [0.15, 0.2) is 0 Å². The van der Waals surface area contributed by atoms with Gasteiger partial charge in [-0.3, -0.25) is 11.3 Å². The Morgan fingerprint density at radius 1 is 1.43 bits per heavy atom. The van der Waals surface area contributed by atoms with E-state index in [0.717, 1.165) is 6.42 Å². The third-order valence-corrected chi connectivity index (χ3v) is 3.42. The van der Waals surface area contributed by atoms with Crippen molar-refractivity contribution in [3.05, 3.63) is 12.7 Å². The molecule has 14 heavy (non-hydrogen) atoms. The van der Waals surface area contributed by atoms with Crippen molar-refractivity contribution >= 4 is 0 Å². The molecule has 0 aromatic carbocycles. The first-order valence-electron chi connectivity index (χ1n) is 5.34. The van der Waals surface area contributed by atoms with E-state index in [1.54, 1.807) is 0 Å². The highest BCUT2D eigenvalue weighted by Crippen LogP contribution is 2.35. The molecule has 0 saturated carbocycles. The fourth-order valence-electron chi connectivity index (χ4n) is 2.50. The molecule has 1 rings (SSSR count). The van der Waals surface area contributed by atoms with Crippen LogP contribution in [0.5, 0.6) is 0 Å². The molecule has 1 saturated heterocycles. The smallest absolute Gasteiger partial charge is 0.0597 e. The SMILES string of the molecule is C=CCC(NN)C1C(C)OC(C)C1C. The number of hydrazine groups is 1. The van der Waals surface area contributed by atoms with Gasteiger partial charge in [-0.2, -0.15) is 0 Å². The first-order valence-corrected chi connectivity index (χ1v) is 5.34. The summed E-state index contributed by atoms with van der Waals surface area (Å²) in [6, 6.07) is 0.280. The summed E-state index contributed by atoms with van der Waals surface area (Å²) in [6.07, 6.45) is 3.41. The molecule has 1 aliphatic rings. The average Bonchev–Trinajstić information content (AvgIpc) is 2.39. The van der Waals surface area contributed by atoms with E-state index in [9.17, 15) is 0 Å². The first kappa shape index (κ1) is 11.7. The molecule has 3 N–H and O–H groups in total. The first-order chi connectivity index (χ1) is 6.61. The molecule has 5 unspecified atom stereocenters. The number of nitrogens with two attached hydrogens (primary N) is 1. The molecule has 5 atom stereocenters. The molecular weight excluding hydrogens is 176 g/mol. The van der Waals surface area contributed by atoms with Crippen molar-refractivity contribution in [2.45, 2.75) is 45.4 Å². The Balaban J connectivity index is 2.68. The fraction of sp³-hybridized carbons (Fsp3) is 0.818. The van der Waals surface area contributed by atoms with Crippen LogP contribution in [0.25, 0.3) is 0 Å². The Hall–Kier alpha value is -0.380. The number of ether oxygens (including phenoxy) is 1. The van der Waals surface area contributed by atoms with Crippen molar-refractivity contribution in [2.24, 2.45) is 17.7 Å². The summed E-state index contributed by atoms with van der Waals surface area (Å²) < 4.78 is 5.79. The van der Waals surface area contributed by atoms with E-state index in [0.29, 0.717) is 17.9 Å². The highest BCUT2D eigenvalue weighted by atomic mass is 16.5. The van der Waals surface area contributed by atoms with Crippen molar-refractivity contribution in [3.63, 3.8) is 0 Å². The standard InChI is InChI=1S/C11H22N2O/c1-5-6-10(13-12)11-7(2)8(3)14-9(11)4/h5,7-11,13H,1,6,12H2,2-4H3. The number of hydrogen-bond donors (Lipinski definition) is 2. The fourth-order valence-corrected chi connectivity index (χ4v) is 2.50. The lowest BCUT2D eigenvalue weighted by Crippen LogP contribution is -2.45. The molecule has 0 amide bonds. The Labute approximate surface area is 86.7 Å². The van der Waals surface area contributed by atoms with E-state index in [4.69, 9.17) is 10.6 Å². The summed E-state index contributed by atoms with van der Waals surface area (Å²) in [4.78, 5) is 0. The number of rotatable bonds is 4. The molecular formula is C11H22N2O. The Bertz CT molecular complexity index is 196. The zero-order valence-electron chi connectivity index (χ0n) is 9.36. The van der Waals surface area contributed by atoms with Crippen LogP contribution in [-0.2, 0) is 4.74 Å². The molecule has 0 aliphatic carbocycles. The van der Waals surface area contributed by atoms with E-state index in [2.05, 4.69) is 32.8 Å². The predicted molar refractivity (Wildman–Crippen MR) is 58.6 cm³/mol. The van der Waals surface area contributed by atoms with Gasteiger partial charge < -0.3 is 4.74 Å². The van der Waals surface area contributed by atoms with Crippen molar-refractivity contribution < 1.29 is 4.74 Å². The van der Waals surface area contributed by atoms with Gasteiger partial charge in [0.25, 0.3) is 0 Å². The summed E-state index contributed by atoms with van der Waals surface area (Å²) in [7, 11) is 0. The number of nitrogens with one attached hydrogen (secondary N) is 1. The maximum Gasteiger partial charge on any atom is 0.0597 e. The highest BCUT2D eigenvalue weighted by molar-refractivity contribution is 4.93. The summed E-state index contributed by atoms with van der Waals surface area (Å²) in [6.45, 7) is 10.2. The lowest BCUT2D eigenvalue weighted by molar-refractivity contribution is 0.0477. The van der Waals surface area contributed by atoms with Crippen LogP contribution in [0, 0.1) is 11.8 Å². The molecule has 0 bridgehead atoms. The summed E-state index contributed by atoms with van der Waals surface area (Å²) in [5.41, 5.74) is 2.88. The van der Waals surface area contributed by atoms with E-state index in [1.807, 2.05) is 6.08 Å². The Morgan fingerprint density at radius 3 is 2.43 bits per heavy atom. The lowest BCUT2D eigenvalue weighted by atomic mass is 9.82. The maximum absolute atomic E-state index is 5.79. The van der Waals surface area contributed by atoms with E-state index in [-0.39, 0.29) is 12.1 Å². The van der Waals surface area contributed by atoms with Gasteiger partial charge in [-0.15, -0.1) is 6.58 Å². The quantitative estimate of drug-likeness (QED) is 0.408. The van der Waals surface area contributed by atoms with Crippen molar-refractivity contribution in [2.75, 3.05) is 0 Å². The normalized spacial score (nSPS) is 39.7. The average molecular weight is 198 g/mol. The van der Waals surface area contributed by atoms with Crippen LogP contribution in [0.2, 0.25) is 0 Å². The van der Waals surface area contributed by atoms with Crippen LogP contribution in [-0.4, -0.2) is 18.2 Å². The van der Waals surface area contributed by atoms with Crippen LogP contribution < -0.4 is 11.3 Å². The molecule has 3 heteroatoms. The minimum atomic E-state index is 0.279. The summed E-state index contributed by atoms with van der Waals surface area (Å²) in [5, 5.41) is 0. The monoisotopic (exact) mass is 198 g/mol. The second-order valence-corrected chi connectivity index (χ2v) is 4.28. The largest absolute Gasteiger partial charge is 0.375 e. The summed E-state index contributed by atoms with van der Waals surface area (Å²) >= 11 is 0. The van der Waals surface area contributed by atoms with Crippen LogP contribution >= 0.6 is 0 Å². The van der Waals surface area contributed by atoms with E-state index in [1.165, 1.54) is 0 Å². The molecule has 1 heterocycles. The maximum atomic E-state index is 5.79. The zero-order valence-corrected chi connectivity index (χ0v) is 9.36. The van der Waals surface area contributed by atoms with Crippen LogP contribution in [0.1, 0.15) is 27.2 Å². The van der Waals surface area contributed by atoms with Crippen molar-refractivity contribution in [1.82, 2.24) is 5.43 Å². The minimum Gasteiger partial charge on any atom is -0.375 e. The van der Waals surface area contributed by atoms with Gasteiger partial charge in [-0.25, -0.2) is 0 Å².